The van der Waals surface area contributed by atoms with Crippen molar-refractivity contribution in [1.29, 1.82) is 0 Å². The number of aromatic nitrogens is 2. The van der Waals surface area contributed by atoms with Gasteiger partial charge in [-0.25, -0.2) is 9.97 Å². The molecule has 1 unspecified atom stereocenters. The monoisotopic (exact) mass is 183 g/mol. The maximum absolute atomic E-state index is 5.48. The third-order valence-corrected chi connectivity index (χ3v) is 2.65. The zero-order valence-corrected chi connectivity index (χ0v) is 7.92. The van der Waals surface area contributed by atoms with Crippen molar-refractivity contribution in [3.8, 4) is 0 Å². The summed E-state index contributed by atoms with van der Waals surface area (Å²) in [7, 11) is 0. The fourth-order valence-electron chi connectivity index (χ4n) is 0.645. The first-order chi connectivity index (χ1) is 5.83. The van der Waals surface area contributed by atoms with Gasteiger partial charge in [0.15, 0.2) is 5.16 Å². The fourth-order valence-corrected chi connectivity index (χ4v) is 1.49. The van der Waals surface area contributed by atoms with Crippen LogP contribution in [0.3, 0.4) is 0 Å². The van der Waals surface area contributed by atoms with E-state index in [-0.39, 0.29) is 0 Å². The molecule has 0 bridgehead atoms. The number of hydrogen-bond donors (Lipinski definition) is 1. The van der Waals surface area contributed by atoms with Crippen molar-refractivity contribution in [2.24, 2.45) is 11.7 Å². The van der Waals surface area contributed by atoms with E-state index in [0.29, 0.717) is 5.92 Å². The molecule has 1 heterocycles. The number of thioether (sulfide) groups is 1. The highest BCUT2D eigenvalue weighted by atomic mass is 32.2. The molecule has 4 heteroatoms. The molecule has 0 aliphatic carbocycles. The Kier molecular flexibility index (Phi) is 4.04. The first-order valence-electron chi connectivity index (χ1n) is 3.93. The average Bonchev–Trinajstić information content (AvgIpc) is 2.16. The minimum Gasteiger partial charge on any atom is -0.330 e. The van der Waals surface area contributed by atoms with Crippen LogP contribution in [0.2, 0.25) is 0 Å². The lowest BCUT2D eigenvalue weighted by Crippen LogP contribution is -2.12. The standard InChI is InChI=1S/C8H13N3S/c1-7(5-9)6-12-8-10-3-2-4-11-8/h2-4,7H,5-6,9H2,1H3. The van der Waals surface area contributed by atoms with E-state index in [1.54, 1.807) is 24.2 Å². The number of rotatable bonds is 4. The van der Waals surface area contributed by atoms with Crippen LogP contribution < -0.4 is 5.73 Å². The number of nitrogens with two attached hydrogens (primary N) is 1. The summed E-state index contributed by atoms with van der Waals surface area (Å²) in [5, 5.41) is 0.831. The summed E-state index contributed by atoms with van der Waals surface area (Å²) in [5.41, 5.74) is 5.48. The molecule has 0 aliphatic heterocycles. The first kappa shape index (κ1) is 9.48. The summed E-state index contributed by atoms with van der Waals surface area (Å²) in [6, 6.07) is 1.82. The lowest BCUT2D eigenvalue weighted by molar-refractivity contribution is 0.674. The van der Waals surface area contributed by atoms with Crippen LogP contribution in [0.4, 0.5) is 0 Å². The molecule has 1 rings (SSSR count). The average molecular weight is 183 g/mol. The zero-order chi connectivity index (χ0) is 8.81. The molecule has 3 nitrogen and oxygen atoms in total. The minimum atomic E-state index is 0.527. The van der Waals surface area contributed by atoms with Crippen LogP contribution in [0.25, 0.3) is 0 Å². The molecule has 0 fully saturated rings. The van der Waals surface area contributed by atoms with Gasteiger partial charge in [0.1, 0.15) is 0 Å². The van der Waals surface area contributed by atoms with Crippen molar-refractivity contribution >= 4 is 11.8 Å². The van der Waals surface area contributed by atoms with Crippen LogP contribution >= 0.6 is 11.8 Å². The van der Waals surface area contributed by atoms with Crippen molar-refractivity contribution in [3.63, 3.8) is 0 Å². The van der Waals surface area contributed by atoms with Crippen molar-refractivity contribution in [2.45, 2.75) is 12.1 Å². The largest absolute Gasteiger partial charge is 0.330 e. The molecule has 2 N–H and O–H groups in total. The van der Waals surface area contributed by atoms with Gasteiger partial charge in [-0.05, 0) is 18.5 Å². The van der Waals surface area contributed by atoms with Crippen molar-refractivity contribution < 1.29 is 0 Å². The molecule has 0 saturated heterocycles. The Bertz CT molecular complexity index is 215. The molecule has 0 spiro atoms. The summed E-state index contributed by atoms with van der Waals surface area (Å²) >= 11 is 1.65. The Morgan fingerprint density at radius 1 is 1.50 bits per heavy atom. The van der Waals surface area contributed by atoms with E-state index in [4.69, 9.17) is 5.73 Å². The quantitative estimate of drug-likeness (QED) is 0.562. The maximum atomic E-state index is 5.48. The fraction of sp³-hybridized carbons (Fsp3) is 0.500. The Morgan fingerprint density at radius 3 is 2.75 bits per heavy atom. The van der Waals surface area contributed by atoms with Gasteiger partial charge >= 0.3 is 0 Å². The van der Waals surface area contributed by atoms with E-state index < -0.39 is 0 Å². The van der Waals surface area contributed by atoms with E-state index >= 15 is 0 Å². The summed E-state index contributed by atoms with van der Waals surface area (Å²) in [6.07, 6.45) is 3.50. The third kappa shape index (κ3) is 3.19. The first-order valence-corrected chi connectivity index (χ1v) is 4.91. The molecule has 1 aromatic rings. The normalized spacial score (nSPS) is 12.8. The van der Waals surface area contributed by atoms with Gasteiger partial charge in [-0.2, -0.15) is 0 Å². The molecular formula is C8H13N3S. The second-order valence-electron chi connectivity index (χ2n) is 2.68. The third-order valence-electron chi connectivity index (χ3n) is 1.44. The molecule has 12 heavy (non-hydrogen) atoms. The van der Waals surface area contributed by atoms with Gasteiger partial charge in [-0.15, -0.1) is 0 Å². The molecule has 0 saturated carbocycles. The Labute approximate surface area is 76.8 Å². The maximum Gasteiger partial charge on any atom is 0.187 e. The number of nitrogens with zero attached hydrogens (tertiary/aromatic N) is 2. The summed E-state index contributed by atoms with van der Waals surface area (Å²) in [4.78, 5) is 8.19. The second-order valence-corrected chi connectivity index (χ2v) is 3.67. The SMILES string of the molecule is CC(CN)CSc1ncccn1. The van der Waals surface area contributed by atoms with Gasteiger partial charge < -0.3 is 5.73 Å². The highest BCUT2D eigenvalue weighted by molar-refractivity contribution is 7.99. The van der Waals surface area contributed by atoms with E-state index in [9.17, 15) is 0 Å². The predicted octanol–water partition coefficient (Wildman–Crippen LogP) is 1.16. The van der Waals surface area contributed by atoms with Crippen LogP contribution in [0, 0.1) is 5.92 Å². The predicted molar refractivity (Wildman–Crippen MR) is 51.0 cm³/mol. The van der Waals surface area contributed by atoms with Crippen LogP contribution in [-0.2, 0) is 0 Å². The van der Waals surface area contributed by atoms with E-state index in [0.717, 1.165) is 17.5 Å². The Morgan fingerprint density at radius 2 is 2.17 bits per heavy atom. The summed E-state index contributed by atoms with van der Waals surface area (Å²) in [5.74, 6) is 1.51. The Hall–Kier alpha value is -0.610. The topological polar surface area (TPSA) is 51.8 Å². The van der Waals surface area contributed by atoms with Crippen molar-refractivity contribution in [1.82, 2.24) is 9.97 Å². The van der Waals surface area contributed by atoms with Gasteiger partial charge in [0, 0.05) is 18.1 Å². The molecule has 1 atom stereocenters. The molecule has 66 valence electrons. The van der Waals surface area contributed by atoms with E-state index in [1.807, 2.05) is 6.07 Å². The highest BCUT2D eigenvalue weighted by Gasteiger charge is 2.01. The van der Waals surface area contributed by atoms with E-state index in [2.05, 4.69) is 16.9 Å². The highest BCUT2D eigenvalue weighted by Crippen LogP contribution is 2.14. The lowest BCUT2D eigenvalue weighted by Gasteiger charge is -2.05. The van der Waals surface area contributed by atoms with Crippen molar-refractivity contribution in [2.75, 3.05) is 12.3 Å². The molecule has 0 aromatic carbocycles. The van der Waals surface area contributed by atoms with Gasteiger partial charge in [-0.3, -0.25) is 0 Å². The van der Waals surface area contributed by atoms with E-state index in [1.165, 1.54) is 0 Å². The summed E-state index contributed by atoms with van der Waals surface area (Å²) < 4.78 is 0. The van der Waals surface area contributed by atoms with Crippen LogP contribution in [-0.4, -0.2) is 22.3 Å². The van der Waals surface area contributed by atoms with Crippen LogP contribution in [0.1, 0.15) is 6.92 Å². The van der Waals surface area contributed by atoms with Crippen LogP contribution in [0.15, 0.2) is 23.6 Å². The lowest BCUT2D eigenvalue weighted by atomic mass is 10.2. The molecule has 1 aromatic heterocycles. The van der Waals surface area contributed by atoms with Gasteiger partial charge in [0.25, 0.3) is 0 Å². The molecular weight excluding hydrogens is 170 g/mol. The number of hydrogen-bond acceptors (Lipinski definition) is 4. The smallest absolute Gasteiger partial charge is 0.187 e. The van der Waals surface area contributed by atoms with Crippen molar-refractivity contribution in [3.05, 3.63) is 18.5 Å². The summed E-state index contributed by atoms with van der Waals surface area (Å²) in [6.45, 7) is 2.84. The zero-order valence-electron chi connectivity index (χ0n) is 7.10. The second kappa shape index (κ2) is 5.11. The Balaban J connectivity index is 2.33. The van der Waals surface area contributed by atoms with Gasteiger partial charge in [0.05, 0.1) is 0 Å². The minimum absolute atomic E-state index is 0.527. The van der Waals surface area contributed by atoms with Gasteiger partial charge in [-0.1, -0.05) is 18.7 Å². The van der Waals surface area contributed by atoms with Crippen LogP contribution in [0.5, 0.6) is 0 Å². The van der Waals surface area contributed by atoms with Gasteiger partial charge in [0.2, 0.25) is 0 Å². The molecule has 0 amide bonds. The molecule has 0 aliphatic rings. The molecule has 0 radical (unpaired) electrons.